The van der Waals surface area contributed by atoms with Crippen LogP contribution in [0.5, 0.6) is 0 Å². The van der Waals surface area contributed by atoms with E-state index in [2.05, 4.69) is 31.0 Å². The Bertz CT molecular complexity index is 1030. The first-order valence-electron chi connectivity index (χ1n) is 7.67. The maximum absolute atomic E-state index is 11.9. The van der Waals surface area contributed by atoms with Crippen molar-refractivity contribution in [3.8, 4) is 0 Å². The molecule has 28 heavy (non-hydrogen) atoms. The number of sulfonamides is 1. The van der Waals surface area contributed by atoms with Crippen LogP contribution in [-0.4, -0.2) is 25.4 Å². The number of nitrogens with one attached hydrogen (secondary N) is 2. The van der Waals surface area contributed by atoms with Gasteiger partial charge in [0.2, 0.25) is 11.9 Å². The summed E-state index contributed by atoms with van der Waals surface area (Å²) >= 11 is 8.40. The van der Waals surface area contributed by atoms with E-state index in [0.717, 1.165) is 10.0 Å². The average Bonchev–Trinajstić information content (AvgIpc) is 2.60. The molecule has 0 saturated carbocycles. The Labute approximate surface area is 175 Å². The first-order chi connectivity index (χ1) is 13.2. The lowest BCUT2D eigenvalue weighted by atomic mass is 10.2. The number of amides is 1. The summed E-state index contributed by atoms with van der Waals surface area (Å²) in [7, 11) is -3.96. The van der Waals surface area contributed by atoms with Gasteiger partial charge in [-0.05, 0) is 60.3 Å². The summed E-state index contributed by atoms with van der Waals surface area (Å²) in [6.45, 7) is 0. The number of carbonyl (C=O) groups is 1. The molecule has 0 fully saturated rings. The number of benzene rings is 2. The number of hydrogen-bond donors (Lipinski definition) is 4. The molecule has 0 aromatic heterocycles. The van der Waals surface area contributed by atoms with Crippen LogP contribution in [-0.2, 0) is 14.8 Å². The molecular formula is C17H16BrN5O3S2. The van der Waals surface area contributed by atoms with Crippen LogP contribution in [0.1, 0.15) is 5.56 Å². The fourth-order valence-corrected chi connectivity index (χ4v) is 3.31. The summed E-state index contributed by atoms with van der Waals surface area (Å²) in [5.41, 5.74) is 11.5. The summed E-state index contributed by atoms with van der Waals surface area (Å²) in [6.07, 6.45) is 3.00. The van der Waals surface area contributed by atoms with Crippen LogP contribution in [0, 0.1) is 0 Å². The Balaban J connectivity index is 1.94. The molecule has 11 heteroatoms. The van der Waals surface area contributed by atoms with Crippen LogP contribution in [0.15, 0.2) is 68.4 Å². The van der Waals surface area contributed by atoms with Crippen molar-refractivity contribution in [3.05, 3.63) is 64.6 Å². The third-order valence-corrected chi connectivity index (χ3v) is 5.22. The van der Waals surface area contributed by atoms with Gasteiger partial charge in [0.25, 0.3) is 10.0 Å². The first kappa shape index (κ1) is 21.5. The van der Waals surface area contributed by atoms with Gasteiger partial charge in [-0.15, -0.1) is 4.40 Å². The number of anilines is 1. The fourth-order valence-electron chi connectivity index (χ4n) is 1.96. The summed E-state index contributed by atoms with van der Waals surface area (Å²) in [5.74, 6) is -0.963. The van der Waals surface area contributed by atoms with Crippen molar-refractivity contribution < 1.29 is 13.2 Å². The largest absolute Gasteiger partial charge is 0.369 e. The van der Waals surface area contributed by atoms with Crippen LogP contribution in [0.4, 0.5) is 5.69 Å². The third kappa shape index (κ3) is 6.76. The minimum atomic E-state index is -3.96. The van der Waals surface area contributed by atoms with E-state index >= 15 is 0 Å². The number of hydrogen-bond acceptors (Lipinski definition) is 4. The van der Waals surface area contributed by atoms with Crippen molar-refractivity contribution in [2.45, 2.75) is 4.90 Å². The zero-order valence-electron chi connectivity index (χ0n) is 14.3. The zero-order valence-corrected chi connectivity index (χ0v) is 17.5. The molecule has 0 aliphatic rings. The van der Waals surface area contributed by atoms with Gasteiger partial charge in [-0.2, -0.15) is 8.42 Å². The van der Waals surface area contributed by atoms with Gasteiger partial charge in [-0.3, -0.25) is 10.1 Å². The minimum Gasteiger partial charge on any atom is -0.369 e. The van der Waals surface area contributed by atoms with Gasteiger partial charge in [0.1, 0.15) is 0 Å². The van der Waals surface area contributed by atoms with E-state index < -0.39 is 21.9 Å². The first-order valence-corrected chi connectivity index (χ1v) is 10.3. The van der Waals surface area contributed by atoms with E-state index in [1.54, 1.807) is 6.08 Å². The van der Waals surface area contributed by atoms with Gasteiger partial charge in [0.15, 0.2) is 5.11 Å². The number of nitrogens with two attached hydrogens (primary N) is 2. The van der Waals surface area contributed by atoms with E-state index in [4.69, 9.17) is 23.7 Å². The molecule has 0 radical (unpaired) electrons. The molecule has 0 saturated heterocycles. The number of thiocarbonyl (C=S) groups is 1. The number of guanidine groups is 1. The van der Waals surface area contributed by atoms with Crippen molar-refractivity contribution in [2.75, 3.05) is 5.32 Å². The molecule has 0 unspecified atom stereocenters. The molecule has 0 aliphatic carbocycles. The minimum absolute atomic E-state index is 0.0605. The molecule has 2 aromatic rings. The lowest BCUT2D eigenvalue weighted by Crippen LogP contribution is -2.32. The second-order valence-electron chi connectivity index (χ2n) is 5.34. The van der Waals surface area contributed by atoms with Crippen LogP contribution < -0.4 is 22.1 Å². The molecule has 0 heterocycles. The number of rotatable bonds is 5. The van der Waals surface area contributed by atoms with E-state index in [9.17, 15) is 13.2 Å². The monoisotopic (exact) mass is 481 g/mol. The van der Waals surface area contributed by atoms with Crippen LogP contribution in [0.25, 0.3) is 6.08 Å². The number of halogens is 1. The highest BCUT2D eigenvalue weighted by atomic mass is 79.9. The predicted octanol–water partition coefficient (Wildman–Crippen LogP) is 1.94. The second kappa shape index (κ2) is 9.44. The molecule has 2 rings (SSSR count). The standard InChI is InChI=1S/C17H16BrN5O3S2/c18-12-4-1-11(2-5-12)3-10-15(24)22-17(27)21-13-6-8-14(9-7-13)28(25,26)23-16(19)20/h1-10H,(H4,19,20,23)(H2,21,22,24,27). The van der Waals surface area contributed by atoms with Gasteiger partial charge in [-0.1, -0.05) is 28.1 Å². The molecule has 6 N–H and O–H groups in total. The number of nitrogens with zero attached hydrogens (tertiary/aromatic N) is 1. The van der Waals surface area contributed by atoms with Crippen molar-refractivity contribution in [1.82, 2.24) is 5.32 Å². The van der Waals surface area contributed by atoms with E-state index in [1.165, 1.54) is 30.3 Å². The second-order valence-corrected chi connectivity index (χ2v) is 8.27. The van der Waals surface area contributed by atoms with Gasteiger partial charge in [-0.25, -0.2) is 0 Å². The summed E-state index contributed by atoms with van der Waals surface area (Å²) in [5, 5.41) is 5.33. The molecular weight excluding hydrogens is 466 g/mol. The third-order valence-electron chi connectivity index (χ3n) is 3.17. The molecule has 146 valence electrons. The quantitative estimate of drug-likeness (QED) is 0.221. The summed E-state index contributed by atoms with van der Waals surface area (Å²) < 4.78 is 27.9. The molecule has 0 bridgehead atoms. The smallest absolute Gasteiger partial charge is 0.285 e. The summed E-state index contributed by atoms with van der Waals surface area (Å²) in [6, 6.07) is 13.0. The summed E-state index contributed by atoms with van der Waals surface area (Å²) in [4.78, 5) is 11.8. The normalized spacial score (nSPS) is 11.0. The molecule has 1 amide bonds. The maximum Gasteiger partial charge on any atom is 0.285 e. The SMILES string of the molecule is NC(N)=NS(=O)(=O)c1ccc(NC(=S)NC(=O)C=Cc2ccc(Br)cc2)cc1. The Kier molecular flexibility index (Phi) is 7.26. The highest BCUT2D eigenvalue weighted by molar-refractivity contribution is 9.10. The fraction of sp³-hybridized carbons (Fsp3) is 0. The zero-order chi connectivity index (χ0) is 20.7. The van der Waals surface area contributed by atoms with Crippen molar-refractivity contribution in [2.24, 2.45) is 15.9 Å². The lowest BCUT2D eigenvalue weighted by molar-refractivity contribution is -0.115. The Hall–Kier alpha value is -2.76. The van der Waals surface area contributed by atoms with E-state index in [-0.39, 0.29) is 10.0 Å². The molecule has 0 atom stereocenters. The van der Waals surface area contributed by atoms with Crippen molar-refractivity contribution in [1.29, 1.82) is 0 Å². The van der Waals surface area contributed by atoms with Gasteiger partial charge < -0.3 is 16.8 Å². The van der Waals surface area contributed by atoms with Crippen LogP contribution in [0.2, 0.25) is 0 Å². The highest BCUT2D eigenvalue weighted by Crippen LogP contribution is 2.16. The van der Waals surface area contributed by atoms with Gasteiger partial charge in [0, 0.05) is 16.2 Å². The highest BCUT2D eigenvalue weighted by Gasteiger charge is 2.13. The maximum atomic E-state index is 11.9. The molecule has 0 aliphatic heterocycles. The molecule has 2 aromatic carbocycles. The van der Waals surface area contributed by atoms with Gasteiger partial charge in [0.05, 0.1) is 4.90 Å². The van der Waals surface area contributed by atoms with Crippen molar-refractivity contribution in [3.63, 3.8) is 0 Å². The molecule has 0 spiro atoms. The van der Waals surface area contributed by atoms with Gasteiger partial charge >= 0.3 is 0 Å². The van der Waals surface area contributed by atoms with E-state index in [0.29, 0.717) is 5.69 Å². The lowest BCUT2D eigenvalue weighted by Gasteiger charge is -2.08. The predicted molar refractivity (Wildman–Crippen MR) is 117 cm³/mol. The average molecular weight is 482 g/mol. The number of carbonyl (C=O) groups excluding carboxylic acids is 1. The Morgan fingerprint density at radius 2 is 1.68 bits per heavy atom. The Morgan fingerprint density at radius 3 is 2.25 bits per heavy atom. The van der Waals surface area contributed by atoms with E-state index in [1.807, 2.05) is 24.3 Å². The topological polar surface area (TPSA) is 140 Å². The molecule has 8 nitrogen and oxygen atoms in total. The van der Waals surface area contributed by atoms with Crippen molar-refractivity contribution >= 4 is 66.9 Å². The Morgan fingerprint density at radius 1 is 1.07 bits per heavy atom. The van der Waals surface area contributed by atoms with Crippen LogP contribution in [0.3, 0.4) is 0 Å². The van der Waals surface area contributed by atoms with Crippen LogP contribution >= 0.6 is 28.1 Å².